The molecule has 0 aliphatic heterocycles. The number of carbonyl (C=O) groups is 1. The van der Waals surface area contributed by atoms with Gasteiger partial charge in [0.05, 0.1) is 12.2 Å². The number of allylic oxidation sites excluding steroid dienone is 2. The fourth-order valence-electron chi connectivity index (χ4n) is 3.50. The lowest BCUT2D eigenvalue weighted by atomic mass is 9.89. The number of aliphatic carboxylic acids is 1. The molecule has 0 radical (unpaired) electrons. The van der Waals surface area contributed by atoms with Crippen molar-refractivity contribution in [2.75, 3.05) is 6.61 Å². The van der Waals surface area contributed by atoms with Gasteiger partial charge in [0.25, 0.3) is 0 Å². The standard InChI is InChI=1S/C22H29ClO6/c23-15-6-5-7-17(12-15)29-14-16(24)10-11-19-18(20(25)13-21(19)26)8-3-1-2-4-9-22(27)28/h1,3,5-7,10-12,16,18-21,24-26H,2,4,8-9,13-14H2,(H,27,28)/b3-1-,11-10+/t16-,18-,19?,20+,21-/m1/s1. The summed E-state index contributed by atoms with van der Waals surface area (Å²) in [5.74, 6) is -0.671. The first kappa shape index (κ1) is 23.4. The van der Waals surface area contributed by atoms with E-state index in [1.54, 1.807) is 36.4 Å². The van der Waals surface area contributed by atoms with Gasteiger partial charge in [-0.25, -0.2) is 0 Å². The van der Waals surface area contributed by atoms with Gasteiger partial charge in [0.1, 0.15) is 18.5 Å². The Balaban J connectivity index is 1.83. The number of carboxylic acid groups (broad SMARTS) is 1. The minimum absolute atomic E-state index is 0.0519. The Hall–Kier alpha value is -1.86. The van der Waals surface area contributed by atoms with E-state index < -0.39 is 24.3 Å². The molecule has 7 heteroatoms. The molecular weight excluding hydrogens is 396 g/mol. The first-order valence-electron chi connectivity index (χ1n) is 9.84. The van der Waals surface area contributed by atoms with Crippen LogP contribution in [0.5, 0.6) is 5.75 Å². The summed E-state index contributed by atoms with van der Waals surface area (Å²) in [6, 6.07) is 6.90. The molecule has 6 nitrogen and oxygen atoms in total. The van der Waals surface area contributed by atoms with Crippen molar-refractivity contribution in [2.24, 2.45) is 11.8 Å². The Morgan fingerprint density at radius 1 is 1.28 bits per heavy atom. The molecular formula is C22H29ClO6. The Labute approximate surface area is 176 Å². The molecule has 1 aliphatic carbocycles. The minimum Gasteiger partial charge on any atom is -0.491 e. The van der Waals surface area contributed by atoms with Gasteiger partial charge in [-0.05, 0) is 43.4 Å². The van der Waals surface area contributed by atoms with Gasteiger partial charge >= 0.3 is 5.97 Å². The number of ether oxygens (including phenoxy) is 1. The van der Waals surface area contributed by atoms with Crippen molar-refractivity contribution in [1.29, 1.82) is 0 Å². The molecule has 1 aliphatic rings. The molecule has 1 aromatic carbocycles. The van der Waals surface area contributed by atoms with Crippen molar-refractivity contribution in [1.82, 2.24) is 0 Å². The molecule has 0 saturated heterocycles. The summed E-state index contributed by atoms with van der Waals surface area (Å²) in [4.78, 5) is 10.5. The van der Waals surface area contributed by atoms with Crippen molar-refractivity contribution < 1.29 is 30.0 Å². The second-order valence-electron chi connectivity index (χ2n) is 7.33. The molecule has 2 rings (SSSR count). The van der Waals surface area contributed by atoms with Gasteiger partial charge in [-0.3, -0.25) is 4.79 Å². The molecule has 0 spiro atoms. The van der Waals surface area contributed by atoms with Crippen LogP contribution in [0.4, 0.5) is 0 Å². The molecule has 0 heterocycles. The van der Waals surface area contributed by atoms with Gasteiger partial charge in [-0.1, -0.05) is 42.0 Å². The summed E-state index contributed by atoms with van der Waals surface area (Å²) >= 11 is 5.90. The summed E-state index contributed by atoms with van der Waals surface area (Å²) in [5.41, 5.74) is 0. The zero-order chi connectivity index (χ0) is 21.2. The third-order valence-electron chi connectivity index (χ3n) is 5.02. The summed E-state index contributed by atoms with van der Waals surface area (Å²) in [5, 5.41) is 39.8. The third-order valence-corrected chi connectivity index (χ3v) is 5.26. The van der Waals surface area contributed by atoms with Crippen molar-refractivity contribution in [3.05, 3.63) is 53.6 Å². The van der Waals surface area contributed by atoms with Crippen LogP contribution in [0.25, 0.3) is 0 Å². The van der Waals surface area contributed by atoms with Crippen LogP contribution in [0.2, 0.25) is 5.02 Å². The Bertz CT molecular complexity index is 704. The van der Waals surface area contributed by atoms with E-state index in [0.29, 0.717) is 36.5 Å². The number of hydrogen-bond acceptors (Lipinski definition) is 5. The van der Waals surface area contributed by atoms with Crippen LogP contribution in [-0.2, 0) is 4.79 Å². The molecule has 0 aromatic heterocycles. The van der Waals surface area contributed by atoms with Gasteiger partial charge < -0.3 is 25.2 Å². The van der Waals surface area contributed by atoms with E-state index in [1.807, 2.05) is 12.2 Å². The maximum atomic E-state index is 10.5. The fraction of sp³-hybridized carbons (Fsp3) is 0.500. The highest BCUT2D eigenvalue weighted by Gasteiger charge is 2.39. The second kappa shape index (κ2) is 12.0. The SMILES string of the molecule is O=C(O)CCC/C=C\C[C@@H]1C(/C=C/[C@@H](O)COc2cccc(Cl)c2)[C@H](O)C[C@@H]1O. The Morgan fingerprint density at radius 2 is 2.07 bits per heavy atom. The number of aliphatic hydroxyl groups excluding tert-OH is 3. The molecule has 0 amide bonds. The molecule has 5 atom stereocenters. The number of benzene rings is 1. The van der Waals surface area contributed by atoms with Crippen molar-refractivity contribution in [2.45, 2.75) is 50.4 Å². The van der Waals surface area contributed by atoms with Crippen LogP contribution in [-0.4, -0.2) is 51.3 Å². The van der Waals surface area contributed by atoms with Crippen LogP contribution in [0.15, 0.2) is 48.6 Å². The monoisotopic (exact) mass is 424 g/mol. The van der Waals surface area contributed by atoms with Gasteiger partial charge in [0, 0.05) is 23.8 Å². The number of unbranched alkanes of at least 4 members (excludes halogenated alkanes) is 1. The maximum Gasteiger partial charge on any atom is 0.303 e. The van der Waals surface area contributed by atoms with Crippen LogP contribution in [0.3, 0.4) is 0 Å². The lowest BCUT2D eigenvalue weighted by Gasteiger charge is -2.19. The number of aliphatic hydroxyl groups is 3. The van der Waals surface area contributed by atoms with Gasteiger partial charge in [0.15, 0.2) is 0 Å². The fourth-order valence-corrected chi connectivity index (χ4v) is 3.68. The molecule has 4 N–H and O–H groups in total. The molecule has 29 heavy (non-hydrogen) atoms. The van der Waals surface area contributed by atoms with Gasteiger partial charge in [0.2, 0.25) is 0 Å². The van der Waals surface area contributed by atoms with E-state index in [2.05, 4.69) is 0 Å². The highest BCUT2D eigenvalue weighted by atomic mass is 35.5. The zero-order valence-electron chi connectivity index (χ0n) is 16.2. The van der Waals surface area contributed by atoms with Crippen LogP contribution in [0, 0.1) is 11.8 Å². The molecule has 1 aromatic rings. The molecule has 0 bridgehead atoms. The first-order valence-corrected chi connectivity index (χ1v) is 10.2. The lowest BCUT2D eigenvalue weighted by Crippen LogP contribution is -2.21. The quantitative estimate of drug-likeness (QED) is 0.321. The Morgan fingerprint density at radius 3 is 2.79 bits per heavy atom. The number of rotatable bonds is 11. The van der Waals surface area contributed by atoms with Crippen molar-refractivity contribution in [3.63, 3.8) is 0 Å². The predicted octanol–water partition coefficient (Wildman–Crippen LogP) is 3.20. The van der Waals surface area contributed by atoms with Crippen molar-refractivity contribution in [3.8, 4) is 5.75 Å². The highest BCUT2D eigenvalue weighted by molar-refractivity contribution is 6.30. The smallest absolute Gasteiger partial charge is 0.303 e. The van der Waals surface area contributed by atoms with Crippen molar-refractivity contribution >= 4 is 17.6 Å². The topological polar surface area (TPSA) is 107 Å². The summed E-state index contributed by atoms with van der Waals surface area (Å²) in [7, 11) is 0. The van der Waals surface area contributed by atoms with E-state index in [9.17, 15) is 20.1 Å². The highest BCUT2D eigenvalue weighted by Crippen LogP contribution is 2.36. The molecule has 1 unspecified atom stereocenters. The van der Waals surface area contributed by atoms with Crippen LogP contribution in [0.1, 0.15) is 32.1 Å². The van der Waals surface area contributed by atoms with E-state index >= 15 is 0 Å². The molecule has 160 valence electrons. The first-order chi connectivity index (χ1) is 13.9. The minimum atomic E-state index is -0.855. The van der Waals surface area contributed by atoms with E-state index in [-0.39, 0.29) is 24.9 Å². The van der Waals surface area contributed by atoms with Crippen LogP contribution < -0.4 is 4.74 Å². The second-order valence-corrected chi connectivity index (χ2v) is 7.76. The number of carboxylic acids is 1. The zero-order valence-corrected chi connectivity index (χ0v) is 17.0. The predicted molar refractivity (Wildman–Crippen MR) is 111 cm³/mol. The van der Waals surface area contributed by atoms with E-state index in [1.165, 1.54) is 0 Å². The largest absolute Gasteiger partial charge is 0.491 e. The molecule has 1 fully saturated rings. The average molecular weight is 425 g/mol. The summed E-state index contributed by atoms with van der Waals surface area (Å²) < 4.78 is 5.51. The van der Waals surface area contributed by atoms with Gasteiger partial charge in [-0.2, -0.15) is 0 Å². The van der Waals surface area contributed by atoms with Gasteiger partial charge in [-0.15, -0.1) is 0 Å². The molecule has 1 saturated carbocycles. The summed E-state index contributed by atoms with van der Waals surface area (Å²) in [6.07, 6.45) is 7.26. The summed E-state index contributed by atoms with van der Waals surface area (Å²) in [6.45, 7) is 0.0519. The normalized spacial score (nSPS) is 25.7. The average Bonchev–Trinajstić information content (AvgIpc) is 2.93. The van der Waals surface area contributed by atoms with Crippen LogP contribution >= 0.6 is 11.6 Å². The number of hydrogen-bond donors (Lipinski definition) is 4. The third kappa shape index (κ3) is 8.19. The number of halogens is 1. The van der Waals surface area contributed by atoms with E-state index in [4.69, 9.17) is 21.4 Å². The van der Waals surface area contributed by atoms with E-state index in [0.717, 1.165) is 0 Å². The Kier molecular flexibility index (Phi) is 9.67. The lowest BCUT2D eigenvalue weighted by molar-refractivity contribution is -0.137. The maximum absolute atomic E-state index is 10.5.